The molecule has 0 saturated carbocycles. The van der Waals surface area contributed by atoms with Gasteiger partial charge in [-0.1, -0.05) is 0 Å². The van der Waals surface area contributed by atoms with Gasteiger partial charge in [0.25, 0.3) is 0 Å². The Morgan fingerprint density at radius 3 is 2.82 bits per heavy atom. The van der Waals surface area contributed by atoms with Crippen molar-refractivity contribution < 1.29 is 14.0 Å². The standard InChI is InChI=1S/C11H17N3O3/c1-8(14-10(15)7-12-2)11(16)13-6-9-4-3-5-17-9/h3-5,8,12H,6-7H2,1-2H3,(H,13,16)(H,14,15). The summed E-state index contributed by atoms with van der Waals surface area (Å²) in [4.78, 5) is 22.8. The van der Waals surface area contributed by atoms with E-state index < -0.39 is 6.04 Å². The summed E-state index contributed by atoms with van der Waals surface area (Å²) in [5.41, 5.74) is 0. The Hall–Kier alpha value is -1.82. The number of furan rings is 1. The summed E-state index contributed by atoms with van der Waals surface area (Å²) in [7, 11) is 1.67. The zero-order valence-electron chi connectivity index (χ0n) is 9.95. The first-order valence-corrected chi connectivity index (χ1v) is 5.37. The molecule has 3 N–H and O–H groups in total. The molecule has 1 atom stereocenters. The van der Waals surface area contributed by atoms with Crippen LogP contribution in [0.2, 0.25) is 0 Å². The Labute approximate surface area is 99.8 Å². The van der Waals surface area contributed by atoms with Crippen LogP contribution >= 0.6 is 0 Å². The van der Waals surface area contributed by atoms with Crippen LogP contribution in [0.4, 0.5) is 0 Å². The molecular formula is C11H17N3O3. The monoisotopic (exact) mass is 239 g/mol. The van der Waals surface area contributed by atoms with Gasteiger partial charge >= 0.3 is 0 Å². The van der Waals surface area contributed by atoms with Crippen LogP contribution in [0.3, 0.4) is 0 Å². The molecule has 6 heteroatoms. The van der Waals surface area contributed by atoms with E-state index >= 15 is 0 Å². The lowest BCUT2D eigenvalue weighted by Crippen LogP contribution is -2.46. The van der Waals surface area contributed by atoms with Gasteiger partial charge < -0.3 is 20.4 Å². The average molecular weight is 239 g/mol. The van der Waals surface area contributed by atoms with Gasteiger partial charge in [-0.25, -0.2) is 0 Å². The Kier molecular flexibility index (Phi) is 5.22. The molecule has 1 heterocycles. The molecule has 1 unspecified atom stereocenters. The lowest BCUT2D eigenvalue weighted by molar-refractivity contribution is -0.128. The molecule has 0 aromatic carbocycles. The molecule has 0 fully saturated rings. The van der Waals surface area contributed by atoms with Crippen LogP contribution < -0.4 is 16.0 Å². The van der Waals surface area contributed by atoms with Crippen molar-refractivity contribution in [1.29, 1.82) is 0 Å². The van der Waals surface area contributed by atoms with E-state index in [1.807, 2.05) is 0 Å². The van der Waals surface area contributed by atoms with E-state index in [-0.39, 0.29) is 18.4 Å². The minimum absolute atomic E-state index is 0.190. The van der Waals surface area contributed by atoms with Crippen LogP contribution in [0.1, 0.15) is 12.7 Å². The molecule has 94 valence electrons. The number of hydrogen-bond donors (Lipinski definition) is 3. The van der Waals surface area contributed by atoms with Gasteiger partial charge in [0.05, 0.1) is 19.4 Å². The molecule has 1 aromatic heterocycles. The predicted molar refractivity (Wildman–Crippen MR) is 62.1 cm³/mol. The predicted octanol–water partition coefficient (Wildman–Crippen LogP) is -0.380. The van der Waals surface area contributed by atoms with Gasteiger partial charge in [0.1, 0.15) is 11.8 Å². The second-order valence-electron chi connectivity index (χ2n) is 3.62. The van der Waals surface area contributed by atoms with Gasteiger partial charge in [0, 0.05) is 0 Å². The Bertz CT molecular complexity index is 362. The second kappa shape index (κ2) is 6.70. The summed E-state index contributed by atoms with van der Waals surface area (Å²) < 4.78 is 5.07. The minimum Gasteiger partial charge on any atom is -0.467 e. The molecule has 2 amide bonds. The lowest BCUT2D eigenvalue weighted by Gasteiger charge is -2.13. The summed E-state index contributed by atoms with van der Waals surface area (Å²) in [6, 6.07) is 2.95. The van der Waals surface area contributed by atoms with Crippen LogP contribution in [0.15, 0.2) is 22.8 Å². The molecule has 1 aromatic rings. The molecule has 17 heavy (non-hydrogen) atoms. The van der Waals surface area contributed by atoms with Gasteiger partial charge in [0.15, 0.2) is 0 Å². The first-order chi connectivity index (χ1) is 8.13. The lowest BCUT2D eigenvalue weighted by atomic mass is 10.3. The Balaban J connectivity index is 2.29. The fourth-order valence-corrected chi connectivity index (χ4v) is 1.26. The quantitative estimate of drug-likeness (QED) is 0.632. The summed E-state index contributed by atoms with van der Waals surface area (Å²) in [5, 5.41) is 7.94. The maximum Gasteiger partial charge on any atom is 0.242 e. The van der Waals surface area contributed by atoms with E-state index in [4.69, 9.17) is 4.42 Å². The number of rotatable bonds is 6. The number of carbonyl (C=O) groups excluding carboxylic acids is 2. The van der Waals surface area contributed by atoms with Gasteiger partial charge in [-0.3, -0.25) is 9.59 Å². The number of hydrogen-bond acceptors (Lipinski definition) is 4. The van der Waals surface area contributed by atoms with E-state index in [1.54, 1.807) is 32.4 Å². The highest BCUT2D eigenvalue weighted by Gasteiger charge is 2.14. The Morgan fingerprint density at radius 1 is 1.47 bits per heavy atom. The molecule has 1 rings (SSSR count). The van der Waals surface area contributed by atoms with E-state index in [0.717, 1.165) is 0 Å². The minimum atomic E-state index is -0.564. The smallest absolute Gasteiger partial charge is 0.242 e. The first-order valence-electron chi connectivity index (χ1n) is 5.37. The first kappa shape index (κ1) is 13.2. The van der Waals surface area contributed by atoms with Gasteiger partial charge in [-0.15, -0.1) is 0 Å². The van der Waals surface area contributed by atoms with Crippen molar-refractivity contribution in [2.75, 3.05) is 13.6 Å². The highest BCUT2D eigenvalue weighted by molar-refractivity contribution is 5.87. The summed E-state index contributed by atoms with van der Waals surface area (Å²) in [5.74, 6) is 0.214. The summed E-state index contributed by atoms with van der Waals surface area (Å²) in [6.07, 6.45) is 1.54. The van der Waals surface area contributed by atoms with Crippen molar-refractivity contribution in [1.82, 2.24) is 16.0 Å². The molecule has 0 aliphatic heterocycles. The van der Waals surface area contributed by atoms with E-state index in [1.165, 1.54) is 0 Å². The van der Waals surface area contributed by atoms with Crippen LogP contribution in [0.5, 0.6) is 0 Å². The SMILES string of the molecule is CNCC(=O)NC(C)C(=O)NCc1ccco1. The van der Waals surface area contributed by atoms with Gasteiger partial charge in [0.2, 0.25) is 11.8 Å². The zero-order valence-corrected chi connectivity index (χ0v) is 9.95. The Morgan fingerprint density at radius 2 is 2.24 bits per heavy atom. The molecular weight excluding hydrogens is 222 g/mol. The fraction of sp³-hybridized carbons (Fsp3) is 0.455. The molecule has 0 aliphatic carbocycles. The number of amides is 2. The highest BCUT2D eigenvalue weighted by Crippen LogP contribution is 1.98. The maximum absolute atomic E-state index is 11.6. The zero-order chi connectivity index (χ0) is 12.7. The number of carbonyl (C=O) groups is 2. The molecule has 0 spiro atoms. The van der Waals surface area contributed by atoms with Crippen LogP contribution in [-0.4, -0.2) is 31.4 Å². The molecule has 0 aliphatic rings. The van der Waals surface area contributed by atoms with Gasteiger partial charge in [-0.2, -0.15) is 0 Å². The van der Waals surface area contributed by atoms with Gasteiger partial charge in [-0.05, 0) is 26.1 Å². The summed E-state index contributed by atoms with van der Waals surface area (Å²) >= 11 is 0. The van der Waals surface area contributed by atoms with Crippen molar-refractivity contribution in [3.8, 4) is 0 Å². The van der Waals surface area contributed by atoms with Crippen molar-refractivity contribution >= 4 is 11.8 Å². The van der Waals surface area contributed by atoms with Crippen LogP contribution in [0, 0.1) is 0 Å². The normalized spacial score (nSPS) is 11.9. The third-order valence-electron chi connectivity index (χ3n) is 2.13. The van der Waals surface area contributed by atoms with E-state index in [2.05, 4.69) is 16.0 Å². The molecule has 0 saturated heterocycles. The maximum atomic E-state index is 11.6. The number of likely N-dealkylation sites (N-methyl/N-ethyl adjacent to an activating group) is 1. The average Bonchev–Trinajstić information content (AvgIpc) is 2.78. The van der Waals surface area contributed by atoms with E-state index in [9.17, 15) is 9.59 Å². The fourth-order valence-electron chi connectivity index (χ4n) is 1.26. The van der Waals surface area contributed by atoms with Crippen molar-refractivity contribution in [2.24, 2.45) is 0 Å². The van der Waals surface area contributed by atoms with Crippen LogP contribution in [0.25, 0.3) is 0 Å². The molecule has 0 bridgehead atoms. The third kappa shape index (κ3) is 4.69. The van der Waals surface area contributed by atoms with E-state index in [0.29, 0.717) is 12.3 Å². The van der Waals surface area contributed by atoms with Crippen molar-refractivity contribution in [2.45, 2.75) is 19.5 Å². The van der Waals surface area contributed by atoms with Crippen molar-refractivity contribution in [3.63, 3.8) is 0 Å². The van der Waals surface area contributed by atoms with Crippen molar-refractivity contribution in [3.05, 3.63) is 24.2 Å². The molecule has 6 nitrogen and oxygen atoms in total. The highest BCUT2D eigenvalue weighted by atomic mass is 16.3. The summed E-state index contributed by atoms with van der Waals surface area (Å²) in [6.45, 7) is 2.14. The van der Waals surface area contributed by atoms with Crippen LogP contribution in [-0.2, 0) is 16.1 Å². The topological polar surface area (TPSA) is 83.4 Å². The molecule has 0 radical (unpaired) electrons. The number of nitrogens with one attached hydrogen (secondary N) is 3. The second-order valence-corrected chi connectivity index (χ2v) is 3.62. The largest absolute Gasteiger partial charge is 0.467 e. The third-order valence-corrected chi connectivity index (χ3v) is 2.13.